The lowest BCUT2D eigenvalue weighted by atomic mass is 9.97. The van der Waals surface area contributed by atoms with Crippen molar-refractivity contribution in [3.63, 3.8) is 0 Å². The van der Waals surface area contributed by atoms with Gasteiger partial charge in [-0.15, -0.1) is 0 Å². The zero-order valence-electron chi connectivity index (χ0n) is 14.5. The predicted octanol–water partition coefficient (Wildman–Crippen LogP) is 3.98. The second-order valence-electron chi connectivity index (χ2n) is 7.41. The lowest BCUT2D eigenvalue weighted by molar-refractivity contribution is 0.514. The molecule has 0 radical (unpaired) electrons. The van der Waals surface area contributed by atoms with E-state index in [4.69, 9.17) is 17.2 Å². The molecule has 2 saturated carbocycles. The number of aromatic amines is 1. The van der Waals surface area contributed by atoms with Gasteiger partial charge < -0.3 is 9.55 Å². The van der Waals surface area contributed by atoms with Crippen molar-refractivity contribution < 1.29 is 0 Å². The molecular formula is C18H26N4OS. The van der Waals surface area contributed by atoms with E-state index in [1.54, 1.807) is 4.57 Å². The van der Waals surface area contributed by atoms with E-state index >= 15 is 0 Å². The van der Waals surface area contributed by atoms with Crippen LogP contribution in [0.1, 0.15) is 64.1 Å². The Bertz CT molecular complexity index is 857. The maximum Gasteiger partial charge on any atom is 0.280 e. The van der Waals surface area contributed by atoms with Crippen LogP contribution in [-0.2, 0) is 13.1 Å². The fourth-order valence-corrected chi connectivity index (χ4v) is 4.28. The van der Waals surface area contributed by atoms with Gasteiger partial charge in [0.15, 0.2) is 10.4 Å². The van der Waals surface area contributed by atoms with Gasteiger partial charge in [-0.3, -0.25) is 9.36 Å². The Balaban J connectivity index is 1.90. The Morgan fingerprint density at radius 3 is 2.25 bits per heavy atom. The summed E-state index contributed by atoms with van der Waals surface area (Å²) in [6.45, 7) is 5.68. The van der Waals surface area contributed by atoms with Gasteiger partial charge in [-0.2, -0.15) is 0 Å². The van der Waals surface area contributed by atoms with Gasteiger partial charge in [0.2, 0.25) is 0 Å². The molecular weight excluding hydrogens is 320 g/mol. The molecule has 0 aromatic carbocycles. The van der Waals surface area contributed by atoms with Gasteiger partial charge >= 0.3 is 0 Å². The summed E-state index contributed by atoms with van der Waals surface area (Å²) >= 11 is 5.61. The first-order chi connectivity index (χ1) is 11.7. The normalized spacial score (nSPS) is 18.0. The zero-order chi connectivity index (χ0) is 16.8. The molecule has 2 aromatic rings. The Kier molecular flexibility index (Phi) is 4.11. The van der Waals surface area contributed by atoms with Crippen molar-refractivity contribution in [2.24, 2.45) is 11.8 Å². The maximum atomic E-state index is 12.9. The summed E-state index contributed by atoms with van der Waals surface area (Å²) in [6.07, 6.45) is 7.09. The van der Waals surface area contributed by atoms with Crippen LogP contribution >= 0.6 is 12.2 Å². The lowest BCUT2D eigenvalue weighted by Crippen LogP contribution is -2.25. The van der Waals surface area contributed by atoms with Crippen LogP contribution < -0.4 is 5.56 Å². The van der Waals surface area contributed by atoms with Gasteiger partial charge in [-0.05, 0) is 62.6 Å². The van der Waals surface area contributed by atoms with Crippen molar-refractivity contribution in [2.75, 3.05) is 0 Å². The molecule has 0 spiro atoms. The molecule has 6 heteroatoms. The number of aryl methyl sites for hydroxylation is 1. The first-order valence-corrected chi connectivity index (χ1v) is 9.79. The Hall–Kier alpha value is -1.43. The largest absolute Gasteiger partial charge is 0.336 e. The molecule has 0 atom stereocenters. The molecule has 0 aliphatic heterocycles. The van der Waals surface area contributed by atoms with Gasteiger partial charge in [0.1, 0.15) is 11.3 Å². The standard InChI is InChI=1S/C18H26N4OS/c1-3-9-21-16-14(17(23)22(10-4-2)18(21)24)19-15(20-16)13(11-5-6-11)12-7-8-12/h11-13H,3-10H2,1-2H3,(H,19,20). The van der Waals surface area contributed by atoms with E-state index in [2.05, 4.69) is 23.4 Å². The average molecular weight is 347 g/mol. The smallest absolute Gasteiger partial charge is 0.280 e. The van der Waals surface area contributed by atoms with Crippen LogP contribution in [0.25, 0.3) is 11.2 Å². The lowest BCUT2D eigenvalue weighted by Gasteiger charge is -2.12. The Labute approximate surface area is 147 Å². The van der Waals surface area contributed by atoms with E-state index in [9.17, 15) is 4.79 Å². The minimum Gasteiger partial charge on any atom is -0.336 e. The number of aromatic nitrogens is 4. The third-order valence-electron chi connectivity index (χ3n) is 5.35. The van der Waals surface area contributed by atoms with E-state index in [0.717, 1.165) is 42.7 Å². The van der Waals surface area contributed by atoms with Crippen LogP contribution in [0, 0.1) is 16.6 Å². The van der Waals surface area contributed by atoms with Gasteiger partial charge in [-0.25, -0.2) is 4.98 Å². The molecule has 2 fully saturated rings. The summed E-state index contributed by atoms with van der Waals surface area (Å²) in [5, 5.41) is 0. The summed E-state index contributed by atoms with van der Waals surface area (Å²) < 4.78 is 4.40. The van der Waals surface area contributed by atoms with Gasteiger partial charge in [0.05, 0.1) is 0 Å². The fraction of sp³-hybridized carbons (Fsp3) is 0.722. The minimum atomic E-state index is -0.00621. The first kappa shape index (κ1) is 16.1. The quantitative estimate of drug-likeness (QED) is 0.772. The molecule has 2 aromatic heterocycles. The SMILES string of the molecule is CCCn1c(=O)c2[nH]c(C(C3CC3)C3CC3)nc2n(CCC)c1=S. The van der Waals surface area contributed by atoms with Crippen LogP contribution in [0.4, 0.5) is 0 Å². The van der Waals surface area contributed by atoms with E-state index in [-0.39, 0.29) is 5.56 Å². The maximum absolute atomic E-state index is 12.9. The summed E-state index contributed by atoms with van der Waals surface area (Å²) in [5.41, 5.74) is 1.40. The highest BCUT2D eigenvalue weighted by molar-refractivity contribution is 7.71. The highest BCUT2D eigenvalue weighted by atomic mass is 32.1. The zero-order valence-corrected chi connectivity index (χ0v) is 15.4. The molecule has 4 rings (SSSR count). The van der Waals surface area contributed by atoms with Crippen LogP contribution in [0.15, 0.2) is 4.79 Å². The number of H-pyrrole nitrogens is 1. The summed E-state index contributed by atoms with van der Waals surface area (Å²) in [6, 6.07) is 0. The molecule has 0 unspecified atom stereocenters. The van der Waals surface area contributed by atoms with Crippen LogP contribution in [0.5, 0.6) is 0 Å². The molecule has 5 nitrogen and oxygen atoms in total. The topological polar surface area (TPSA) is 55.6 Å². The van der Waals surface area contributed by atoms with Crippen molar-refractivity contribution in [2.45, 2.75) is 71.4 Å². The van der Waals surface area contributed by atoms with Crippen LogP contribution in [-0.4, -0.2) is 19.1 Å². The van der Waals surface area contributed by atoms with Gasteiger partial charge in [-0.1, -0.05) is 13.8 Å². The van der Waals surface area contributed by atoms with Crippen molar-refractivity contribution >= 4 is 23.4 Å². The average Bonchev–Trinajstić information content (AvgIpc) is 3.48. The number of hydrogen-bond donors (Lipinski definition) is 1. The van der Waals surface area contributed by atoms with Crippen molar-refractivity contribution in [1.29, 1.82) is 0 Å². The number of imidazole rings is 1. The van der Waals surface area contributed by atoms with Crippen molar-refractivity contribution in [1.82, 2.24) is 19.1 Å². The molecule has 2 heterocycles. The van der Waals surface area contributed by atoms with E-state index < -0.39 is 0 Å². The van der Waals surface area contributed by atoms with Gasteiger partial charge in [0, 0.05) is 19.0 Å². The Morgan fingerprint density at radius 1 is 1.12 bits per heavy atom. The molecule has 2 aliphatic rings. The van der Waals surface area contributed by atoms with E-state index in [0.29, 0.717) is 22.8 Å². The van der Waals surface area contributed by atoms with Crippen molar-refractivity contribution in [3.8, 4) is 0 Å². The number of hydrogen-bond acceptors (Lipinski definition) is 3. The number of nitrogens with one attached hydrogen (secondary N) is 1. The number of rotatable bonds is 7. The number of fused-ring (bicyclic) bond motifs is 1. The first-order valence-electron chi connectivity index (χ1n) is 9.38. The molecule has 130 valence electrons. The number of nitrogens with zero attached hydrogens (tertiary/aromatic N) is 3. The Morgan fingerprint density at radius 2 is 1.71 bits per heavy atom. The third-order valence-corrected chi connectivity index (χ3v) is 5.79. The third kappa shape index (κ3) is 2.65. The second kappa shape index (κ2) is 6.14. The van der Waals surface area contributed by atoms with E-state index in [1.165, 1.54) is 25.7 Å². The van der Waals surface area contributed by atoms with Gasteiger partial charge in [0.25, 0.3) is 5.56 Å². The molecule has 0 bridgehead atoms. The summed E-state index contributed by atoms with van der Waals surface area (Å²) in [4.78, 5) is 21.2. The molecule has 1 N–H and O–H groups in total. The highest BCUT2D eigenvalue weighted by Crippen LogP contribution is 2.53. The molecule has 0 amide bonds. The molecule has 0 saturated heterocycles. The molecule has 24 heavy (non-hydrogen) atoms. The minimum absolute atomic E-state index is 0.00621. The monoisotopic (exact) mass is 346 g/mol. The van der Waals surface area contributed by atoms with Crippen LogP contribution in [0.2, 0.25) is 0 Å². The molecule has 2 aliphatic carbocycles. The van der Waals surface area contributed by atoms with E-state index in [1.807, 2.05) is 0 Å². The van der Waals surface area contributed by atoms with Crippen LogP contribution in [0.3, 0.4) is 0 Å². The van der Waals surface area contributed by atoms with Crippen molar-refractivity contribution in [3.05, 3.63) is 20.9 Å². The fourth-order valence-electron chi connectivity index (χ4n) is 3.93. The highest BCUT2D eigenvalue weighted by Gasteiger charge is 2.44. The predicted molar refractivity (Wildman–Crippen MR) is 97.9 cm³/mol. The summed E-state index contributed by atoms with van der Waals surface area (Å²) in [5.74, 6) is 3.07. The second-order valence-corrected chi connectivity index (χ2v) is 7.78. The summed E-state index contributed by atoms with van der Waals surface area (Å²) in [7, 11) is 0.